The molecule has 1 aliphatic carbocycles. The minimum Gasteiger partial charge on any atom is -0.306 e. The van der Waals surface area contributed by atoms with E-state index in [4.69, 9.17) is 0 Å². The van der Waals surface area contributed by atoms with E-state index in [1.165, 1.54) is 48.3 Å². The smallest absolute Gasteiger partial charge is 0.0428 e. The summed E-state index contributed by atoms with van der Waals surface area (Å²) in [7, 11) is 0. The van der Waals surface area contributed by atoms with Crippen LogP contribution in [0, 0.1) is 5.92 Å². The Morgan fingerprint density at radius 1 is 1.17 bits per heavy atom. The monoisotopic (exact) mass is 261 g/mol. The summed E-state index contributed by atoms with van der Waals surface area (Å²) < 4.78 is 0. The van der Waals surface area contributed by atoms with Gasteiger partial charge < -0.3 is 5.32 Å². The Bertz CT molecular complexity index is 396. The lowest BCUT2D eigenvalue weighted by Crippen LogP contribution is -2.36. The van der Waals surface area contributed by atoms with Gasteiger partial charge in [0.15, 0.2) is 0 Å². The molecular weight excluding hydrogens is 238 g/mol. The molecule has 18 heavy (non-hydrogen) atoms. The number of hydrogen-bond donors (Lipinski definition) is 1. The molecule has 1 aliphatic heterocycles. The number of hydrogen-bond acceptors (Lipinski definition) is 2. The quantitative estimate of drug-likeness (QED) is 0.866. The zero-order valence-electron chi connectivity index (χ0n) is 11.2. The van der Waals surface area contributed by atoms with Crippen LogP contribution in [0.1, 0.15) is 50.6 Å². The molecule has 1 heterocycles. The van der Waals surface area contributed by atoms with Crippen molar-refractivity contribution in [3.8, 4) is 0 Å². The second kappa shape index (κ2) is 5.66. The second-order valence-corrected chi connectivity index (χ2v) is 6.76. The highest BCUT2D eigenvalue weighted by Crippen LogP contribution is 2.39. The first-order valence-electron chi connectivity index (χ1n) is 7.34. The minimum absolute atomic E-state index is 0.592. The van der Waals surface area contributed by atoms with E-state index in [0.717, 1.165) is 12.0 Å². The van der Waals surface area contributed by atoms with Crippen molar-refractivity contribution >= 4 is 11.8 Å². The maximum absolute atomic E-state index is 3.90. The normalized spacial score (nSPS) is 31.3. The summed E-state index contributed by atoms with van der Waals surface area (Å²) in [6.45, 7) is 2.34. The molecule has 98 valence electrons. The Morgan fingerprint density at radius 2 is 1.94 bits per heavy atom. The van der Waals surface area contributed by atoms with Crippen molar-refractivity contribution in [1.82, 2.24) is 5.32 Å². The van der Waals surface area contributed by atoms with Crippen molar-refractivity contribution in [2.24, 2.45) is 5.92 Å². The molecule has 1 fully saturated rings. The molecule has 1 aromatic rings. The summed E-state index contributed by atoms with van der Waals surface area (Å²) in [5.74, 6) is 2.21. The lowest BCUT2D eigenvalue weighted by molar-refractivity contribution is 0.274. The van der Waals surface area contributed by atoms with E-state index >= 15 is 0 Å². The van der Waals surface area contributed by atoms with Crippen molar-refractivity contribution in [1.29, 1.82) is 0 Å². The van der Waals surface area contributed by atoms with Crippen molar-refractivity contribution < 1.29 is 0 Å². The van der Waals surface area contributed by atoms with Gasteiger partial charge in [-0.05, 0) is 43.2 Å². The van der Waals surface area contributed by atoms with Crippen LogP contribution >= 0.6 is 11.8 Å². The fraction of sp³-hybridized carbons (Fsp3) is 0.625. The molecule has 0 bridgehead atoms. The van der Waals surface area contributed by atoms with E-state index in [1.807, 2.05) is 11.8 Å². The largest absolute Gasteiger partial charge is 0.306 e. The third kappa shape index (κ3) is 2.60. The van der Waals surface area contributed by atoms with Crippen LogP contribution in [-0.4, -0.2) is 11.8 Å². The third-order valence-corrected chi connectivity index (χ3v) is 5.74. The van der Waals surface area contributed by atoms with E-state index in [9.17, 15) is 0 Å². The predicted molar refractivity (Wildman–Crippen MR) is 79.1 cm³/mol. The molecule has 1 atom stereocenters. The lowest BCUT2D eigenvalue weighted by Gasteiger charge is -2.30. The minimum atomic E-state index is 0.592. The highest BCUT2D eigenvalue weighted by molar-refractivity contribution is 7.99. The van der Waals surface area contributed by atoms with E-state index in [1.54, 1.807) is 0 Å². The van der Waals surface area contributed by atoms with Gasteiger partial charge in [-0.2, -0.15) is 0 Å². The molecule has 0 saturated heterocycles. The Kier molecular flexibility index (Phi) is 3.95. The van der Waals surface area contributed by atoms with Gasteiger partial charge in [0.2, 0.25) is 0 Å². The van der Waals surface area contributed by atoms with Crippen LogP contribution in [0.15, 0.2) is 29.2 Å². The predicted octanol–water partition coefficient (Wildman–Crippen LogP) is 4.39. The van der Waals surface area contributed by atoms with Crippen LogP contribution in [0.5, 0.6) is 0 Å². The van der Waals surface area contributed by atoms with E-state index in [0.29, 0.717) is 6.04 Å². The van der Waals surface area contributed by atoms with Gasteiger partial charge in [0.1, 0.15) is 0 Å². The zero-order valence-corrected chi connectivity index (χ0v) is 12.0. The summed E-state index contributed by atoms with van der Waals surface area (Å²) in [4.78, 5) is 1.48. The highest BCUT2D eigenvalue weighted by Gasteiger charge is 2.27. The van der Waals surface area contributed by atoms with Gasteiger partial charge in [-0.25, -0.2) is 0 Å². The molecule has 0 spiro atoms. The van der Waals surface area contributed by atoms with E-state index in [-0.39, 0.29) is 0 Å². The molecular formula is C16H23NS. The highest BCUT2D eigenvalue weighted by atomic mass is 32.2. The van der Waals surface area contributed by atoms with Crippen LogP contribution in [0.4, 0.5) is 0 Å². The van der Waals surface area contributed by atoms with E-state index in [2.05, 4.69) is 36.5 Å². The van der Waals surface area contributed by atoms with Crippen LogP contribution in [-0.2, 0) is 0 Å². The van der Waals surface area contributed by atoms with Crippen molar-refractivity contribution in [3.63, 3.8) is 0 Å². The molecule has 2 heteroatoms. The fourth-order valence-electron chi connectivity index (χ4n) is 3.32. The van der Waals surface area contributed by atoms with Gasteiger partial charge >= 0.3 is 0 Å². The average molecular weight is 261 g/mol. The molecule has 1 aromatic carbocycles. The SMILES string of the molecule is CCC1CCC(NC2CSc3ccccc32)CC1. The Morgan fingerprint density at radius 3 is 2.72 bits per heavy atom. The lowest BCUT2D eigenvalue weighted by atomic mass is 9.84. The molecule has 1 saturated carbocycles. The number of thioether (sulfide) groups is 1. The van der Waals surface area contributed by atoms with Gasteiger partial charge in [-0.15, -0.1) is 11.8 Å². The van der Waals surface area contributed by atoms with Crippen LogP contribution in [0.3, 0.4) is 0 Å². The van der Waals surface area contributed by atoms with Gasteiger partial charge in [0, 0.05) is 22.7 Å². The molecule has 1 N–H and O–H groups in total. The first kappa shape index (κ1) is 12.6. The van der Waals surface area contributed by atoms with Crippen LogP contribution in [0.2, 0.25) is 0 Å². The molecule has 1 unspecified atom stereocenters. The summed E-state index contributed by atoms with van der Waals surface area (Å²) in [6, 6.07) is 10.2. The number of benzene rings is 1. The van der Waals surface area contributed by atoms with Crippen molar-refractivity contribution in [2.45, 2.75) is 56.0 Å². The first-order valence-corrected chi connectivity index (χ1v) is 8.33. The molecule has 1 nitrogen and oxygen atoms in total. The fourth-order valence-corrected chi connectivity index (χ4v) is 4.50. The maximum Gasteiger partial charge on any atom is 0.0428 e. The van der Waals surface area contributed by atoms with Gasteiger partial charge in [-0.1, -0.05) is 31.5 Å². The number of fused-ring (bicyclic) bond motifs is 1. The van der Waals surface area contributed by atoms with Crippen LogP contribution < -0.4 is 5.32 Å². The van der Waals surface area contributed by atoms with Gasteiger partial charge in [-0.3, -0.25) is 0 Å². The van der Waals surface area contributed by atoms with Gasteiger partial charge in [0.25, 0.3) is 0 Å². The number of nitrogens with one attached hydrogen (secondary N) is 1. The molecule has 2 aliphatic rings. The summed E-state index contributed by atoms with van der Waals surface area (Å²) >= 11 is 2.01. The third-order valence-electron chi connectivity index (χ3n) is 4.56. The van der Waals surface area contributed by atoms with E-state index < -0.39 is 0 Å². The van der Waals surface area contributed by atoms with Crippen molar-refractivity contribution in [3.05, 3.63) is 29.8 Å². The summed E-state index contributed by atoms with van der Waals surface area (Å²) in [6.07, 6.45) is 6.98. The molecule has 3 rings (SSSR count). The summed E-state index contributed by atoms with van der Waals surface area (Å²) in [5.41, 5.74) is 1.53. The average Bonchev–Trinajstić information content (AvgIpc) is 2.83. The van der Waals surface area contributed by atoms with Crippen LogP contribution in [0.25, 0.3) is 0 Å². The Hall–Kier alpha value is -0.470. The van der Waals surface area contributed by atoms with Crippen molar-refractivity contribution in [2.75, 3.05) is 5.75 Å². The maximum atomic E-state index is 3.90. The standard InChI is InChI=1S/C16H23NS/c1-2-12-7-9-13(10-8-12)17-15-11-18-16-6-4-3-5-14(15)16/h3-6,12-13,15,17H,2,7-11H2,1H3. The number of rotatable bonds is 3. The Balaban J connectivity index is 1.59. The molecule has 0 aromatic heterocycles. The zero-order chi connectivity index (χ0) is 12.4. The topological polar surface area (TPSA) is 12.0 Å². The molecule has 0 amide bonds. The second-order valence-electron chi connectivity index (χ2n) is 5.69. The Labute approximate surface area is 115 Å². The first-order chi connectivity index (χ1) is 8.86. The van der Waals surface area contributed by atoms with Gasteiger partial charge in [0.05, 0.1) is 0 Å². The molecule has 0 radical (unpaired) electrons. The summed E-state index contributed by atoms with van der Waals surface area (Å²) in [5, 5.41) is 3.90.